The highest BCUT2D eigenvalue weighted by Gasteiger charge is 2.44. The zero-order valence-electron chi connectivity index (χ0n) is 41.2. The number of carbonyl (C=O) groups excluding carboxylic acids is 6. The van der Waals surface area contributed by atoms with E-state index in [0.29, 0.717) is 62.9 Å². The van der Waals surface area contributed by atoms with Crippen LogP contribution < -0.4 is 31.9 Å². The number of rotatable bonds is 22. The number of halogens is 3. The van der Waals surface area contributed by atoms with E-state index in [1.165, 1.54) is 12.4 Å². The lowest BCUT2D eigenvalue weighted by atomic mass is 9.85. The quantitative estimate of drug-likeness (QED) is 0.0795. The summed E-state index contributed by atoms with van der Waals surface area (Å²) in [6.07, 6.45) is 5.15. The van der Waals surface area contributed by atoms with Crippen LogP contribution in [0.25, 0.3) is 10.9 Å². The first-order chi connectivity index (χ1) is 34.5. The summed E-state index contributed by atoms with van der Waals surface area (Å²) in [5, 5.41) is 18.7. The molecule has 7 rings (SSSR count). The molecule has 6 N–H and O–H groups in total. The van der Waals surface area contributed by atoms with E-state index in [9.17, 15) is 41.9 Å². The molecule has 2 saturated heterocycles. The van der Waals surface area contributed by atoms with E-state index in [1.807, 2.05) is 6.07 Å². The number of ether oxygens (including phenoxy) is 2. The van der Waals surface area contributed by atoms with Crippen molar-refractivity contribution < 1.29 is 51.4 Å². The van der Waals surface area contributed by atoms with Crippen molar-refractivity contribution in [3.05, 3.63) is 60.2 Å². The summed E-state index contributed by atoms with van der Waals surface area (Å²) in [7, 11) is 1.68. The van der Waals surface area contributed by atoms with Gasteiger partial charge in [-0.2, -0.15) is 13.2 Å². The van der Waals surface area contributed by atoms with E-state index in [1.54, 1.807) is 35.3 Å². The molecular formula is C50H68F3N11O8. The molecule has 22 heteroatoms. The number of aromatic nitrogens is 3. The van der Waals surface area contributed by atoms with Gasteiger partial charge in [-0.25, -0.2) is 9.97 Å². The number of carbonyl (C=O) groups is 6. The van der Waals surface area contributed by atoms with Gasteiger partial charge in [0.15, 0.2) is 0 Å². The first-order valence-corrected chi connectivity index (χ1v) is 25.1. The molecule has 1 aromatic carbocycles. The van der Waals surface area contributed by atoms with Crippen LogP contribution >= 0.6 is 0 Å². The van der Waals surface area contributed by atoms with E-state index >= 15 is 0 Å². The monoisotopic (exact) mass is 1010 g/mol. The summed E-state index contributed by atoms with van der Waals surface area (Å²) in [5.41, 5.74) is 0.270. The number of benzene rings is 1. The van der Waals surface area contributed by atoms with Crippen LogP contribution in [-0.2, 0) is 44.4 Å². The minimum absolute atomic E-state index is 0.0575. The standard InChI is InChI=1S/C50H68F3N11O8/c1-30(2)26-57-35-11-13-41(64-19-14-39(49(64)70)62-46-36-23-33(50(51,52)53)8-12-38(36)58-29-59-46)40(24-35)61-43(66)28-72-22-18-55-47(68)31-6-9-34(10-7-31)60-42(65)15-20-71-21-17-56-48(69)37-25-44(67)63(3)45(37)32-5-4-16-54-27-32/h4-5,8,12,16,23,27,29-31,34-35,37,39-41,45,57H,6-7,9-11,13-15,17-22,24-26,28H2,1-3H3,(H,55,68)(H,56,69)(H,60,65)(H,61,66)(H,58,59,62)/t31?,34?,35-,37+,39+,40-,41+,45-/m1/s1. The Kier molecular flexibility index (Phi) is 18.7. The molecule has 0 unspecified atom stereocenters. The SMILES string of the molecule is CC(C)CN[C@@H]1CC[C@H](N2CC[C@H](Nc3ncnc4ccc(C(F)(F)F)cc34)C2=O)[C@H](NC(=O)COCCNC(=O)C2CCC(NC(=O)CCOCCNC(=O)[C@H]3CC(=O)N(C)[C@@H]3c3cccnc3)CC2)C1. The zero-order valence-corrected chi connectivity index (χ0v) is 41.2. The molecule has 3 aromatic rings. The molecule has 2 aliphatic heterocycles. The number of amides is 6. The summed E-state index contributed by atoms with van der Waals surface area (Å²) >= 11 is 0. The fourth-order valence-corrected chi connectivity index (χ4v) is 10.3. The molecule has 72 heavy (non-hydrogen) atoms. The Balaban J connectivity index is 0.774. The minimum Gasteiger partial charge on any atom is -0.379 e. The second-order valence-electron chi connectivity index (χ2n) is 19.7. The Hall–Kier alpha value is -6.00. The van der Waals surface area contributed by atoms with Gasteiger partial charge in [-0.05, 0) is 93.7 Å². The molecule has 4 heterocycles. The second-order valence-corrected chi connectivity index (χ2v) is 19.7. The maximum absolute atomic E-state index is 13.9. The van der Waals surface area contributed by atoms with Gasteiger partial charge in [0.25, 0.3) is 0 Å². The van der Waals surface area contributed by atoms with Crippen molar-refractivity contribution in [2.24, 2.45) is 17.8 Å². The van der Waals surface area contributed by atoms with E-state index in [2.05, 4.69) is 60.7 Å². The molecule has 2 aromatic heterocycles. The maximum atomic E-state index is 13.9. The highest BCUT2D eigenvalue weighted by molar-refractivity contribution is 5.93. The Morgan fingerprint density at radius 1 is 0.861 bits per heavy atom. The average Bonchev–Trinajstić information content (AvgIpc) is 3.87. The number of hydrogen-bond acceptors (Lipinski definition) is 13. The summed E-state index contributed by atoms with van der Waals surface area (Å²) in [6.45, 7) is 6.11. The Bertz CT molecular complexity index is 2360. The van der Waals surface area contributed by atoms with Gasteiger partial charge < -0.3 is 51.2 Å². The number of pyridine rings is 1. The third kappa shape index (κ3) is 14.4. The first-order valence-electron chi connectivity index (χ1n) is 25.1. The third-order valence-electron chi connectivity index (χ3n) is 14.1. The van der Waals surface area contributed by atoms with Crippen molar-refractivity contribution >= 4 is 52.2 Å². The normalized spacial score (nSPS) is 24.7. The molecule has 0 bridgehead atoms. The molecule has 0 spiro atoms. The summed E-state index contributed by atoms with van der Waals surface area (Å²) in [6, 6.07) is 5.09. The van der Waals surface area contributed by atoms with Crippen molar-refractivity contribution in [3.63, 3.8) is 0 Å². The molecule has 2 aliphatic carbocycles. The molecule has 392 valence electrons. The van der Waals surface area contributed by atoms with Crippen LogP contribution in [0, 0.1) is 17.8 Å². The number of anilines is 1. The predicted molar refractivity (Wildman–Crippen MR) is 258 cm³/mol. The van der Waals surface area contributed by atoms with Crippen LogP contribution in [0.2, 0.25) is 0 Å². The Labute approximate surface area is 417 Å². The van der Waals surface area contributed by atoms with Gasteiger partial charge in [0.2, 0.25) is 35.4 Å². The van der Waals surface area contributed by atoms with Gasteiger partial charge in [0.1, 0.15) is 24.8 Å². The zero-order chi connectivity index (χ0) is 51.4. The number of nitrogens with one attached hydrogen (secondary N) is 6. The fourth-order valence-electron chi connectivity index (χ4n) is 10.3. The summed E-state index contributed by atoms with van der Waals surface area (Å²) in [5.74, 6) is -1.39. The smallest absolute Gasteiger partial charge is 0.379 e. The van der Waals surface area contributed by atoms with Crippen LogP contribution in [0.3, 0.4) is 0 Å². The Morgan fingerprint density at radius 3 is 2.35 bits per heavy atom. The van der Waals surface area contributed by atoms with Gasteiger partial charge in [-0.15, -0.1) is 0 Å². The predicted octanol–water partition coefficient (Wildman–Crippen LogP) is 3.26. The van der Waals surface area contributed by atoms with Crippen LogP contribution in [0.15, 0.2) is 49.1 Å². The third-order valence-corrected chi connectivity index (χ3v) is 14.1. The van der Waals surface area contributed by atoms with Crippen LogP contribution in [-0.4, -0.2) is 150 Å². The Morgan fingerprint density at radius 2 is 1.61 bits per heavy atom. The lowest BCUT2D eigenvalue weighted by molar-refractivity contribution is -0.137. The van der Waals surface area contributed by atoms with Crippen molar-refractivity contribution in [2.75, 3.05) is 65.0 Å². The lowest BCUT2D eigenvalue weighted by Crippen LogP contribution is -2.58. The molecular weight excluding hydrogens is 940 g/mol. The van der Waals surface area contributed by atoms with Crippen LogP contribution in [0.5, 0.6) is 0 Å². The van der Waals surface area contributed by atoms with E-state index in [0.717, 1.165) is 30.7 Å². The van der Waals surface area contributed by atoms with Gasteiger partial charge >= 0.3 is 6.18 Å². The van der Waals surface area contributed by atoms with Crippen LogP contribution in [0.1, 0.15) is 95.2 Å². The number of fused-ring (bicyclic) bond motifs is 1. The second kappa shape index (κ2) is 25.1. The highest BCUT2D eigenvalue weighted by atomic mass is 19.4. The fraction of sp³-hybridized carbons (Fsp3) is 0.620. The van der Waals surface area contributed by atoms with Gasteiger partial charge in [-0.3, -0.25) is 33.8 Å². The van der Waals surface area contributed by atoms with Crippen molar-refractivity contribution in [1.29, 1.82) is 0 Å². The number of alkyl halides is 3. The summed E-state index contributed by atoms with van der Waals surface area (Å²) in [4.78, 5) is 94.0. The van der Waals surface area contributed by atoms with E-state index < -0.39 is 29.7 Å². The van der Waals surface area contributed by atoms with Gasteiger partial charge in [-0.1, -0.05) is 19.9 Å². The number of hydrogen-bond donors (Lipinski definition) is 6. The van der Waals surface area contributed by atoms with Crippen molar-refractivity contribution in [2.45, 2.75) is 120 Å². The summed E-state index contributed by atoms with van der Waals surface area (Å²) < 4.78 is 51.9. The molecule has 4 fully saturated rings. The van der Waals surface area contributed by atoms with Crippen LogP contribution in [0.4, 0.5) is 19.0 Å². The molecule has 0 radical (unpaired) electrons. The van der Waals surface area contributed by atoms with E-state index in [4.69, 9.17) is 9.47 Å². The lowest BCUT2D eigenvalue weighted by Gasteiger charge is -2.41. The van der Waals surface area contributed by atoms with Crippen molar-refractivity contribution in [3.8, 4) is 0 Å². The maximum Gasteiger partial charge on any atom is 0.416 e. The number of likely N-dealkylation sites (tertiary alicyclic amines) is 2. The number of nitrogens with zero attached hydrogens (tertiary/aromatic N) is 5. The average molecular weight is 1010 g/mol. The van der Waals surface area contributed by atoms with Gasteiger partial charge in [0, 0.05) is 75.3 Å². The molecule has 6 atom stereocenters. The largest absolute Gasteiger partial charge is 0.416 e. The first kappa shape index (κ1) is 53.8. The van der Waals surface area contributed by atoms with E-state index in [-0.39, 0.29) is 129 Å². The topological polar surface area (TPSA) is 238 Å². The molecule has 4 aliphatic rings. The minimum atomic E-state index is -4.56. The van der Waals surface area contributed by atoms with Crippen molar-refractivity contribution in [1.82, 2.24) is 51.3 Å². The molecule has 19 nitrogen and oxygen atoms in total. The molecule has 2 saturated carbocycles. The highest BCUT2D eigenvalue weighted by Crippen LogP contribution is 2.37. The van der Waals surface area contributed by atoms with Gasteiger partial charge in [0.05, 0.1) is 54.9 Å². The molecule has 6 amide bonds.